The molecule has 0 atom stereocenters. The van der Waals surface area contributed by atoms with Gasteiger partial charge >= 0.3 is 68.9 Å². The van der Waals surface area contributed by atoms with E-state index in [2.05, 4.69) is 6.92 Å². The van der Waals surface area contributed by atoms with Crippen LogP contribution in [0.5, 0.6) is 0 Å². The zero-order valence-corrected chi connectivity index (χ0v) is 16.0. The summed E-state index contributed by atoms with van der Waals surface area (Å²) in [6.07, 6.45) is 9.75. The number of carboxylic acid groups (broad SMARTS) is 1. The Labute approximate surface area is 147 Å². The summed E-state index contributed by atoms with van der Waals surface area (Å²) >= 11 is 0. The Morgan fingerprint density at radius 1 is 0.929 bits per heavy atom. The van der Waals surface area contributed by atoms with Gasteiger partial charge in [0.2, 0.25) is 0 Å². The number of hydrogen-bond acceptors (Lipinski definition) is 2. The Morgan fingerprint density at radius 2 is 1.36 bits per heavy atom. The van der Waals surface area contributed by atoms with Gasteiger partial charge in [0.15, 0.2) is 0 Å². The first-order chi connectivity index (χ1) is 6.27. The number of carbonyl (C=O) groups is 1. The molecule has 0 aromatic carbocycles. The van der Waals surface area contributed by atoms with Gasteiger partial charge in [-0.3, -0.25) is 0 Å². The van der Waals surface area contributed by atoms with E-state index in [0.717, 1.165) is 12.8 Å². The van der Waals surface area contributed by atoms with E-state index in [-0.39, 0.29) is 75.3 Å². The zero-order chi connectivity index (χ0) is 9.94. The molecule has 0 amide bonds. The van der Waals surface area contributed by atoms with E-state index in [1.54, 1.807) is 0 Å². The van der Waals surface area contributed by atoms with Crippen molar-refractivity contribution in [1.82, 2.24) is 0 Å². The van der Waals surface area contributed by atoms with Crippen LogP contribution in [0.2, 0.25) is 0 Å². The predicted octanol–water partition coefficient (Wildman–Crippen LogP) is -0.729. The van der Waals surface area contributed by atoms with Crippen molar-refractivity contribution < 1.29 is 78.8 Å². The van der Waals surface area contributed by atoms with Crippen LogP contribution >= 0.6 is 0 Å². The Balaban J connectivity index is 0. The Kier molecular flexibility index (Phi) is 18.6. The normalized spacial score (nSPS) is 9.50. The second kappa shape index (κ2) is 14.5. The fourth-order valence-electron chi connectivity index (χ4n) is 1.40. The first-order valence-corrected chi connectivity index (χ1v) is 5.47. The Morgan fingerprint density at radius 3 is 1.79 bits per heavy atom. The molecular formula is C11H21CsO2. The molecule has 0 radical (unpaired) electrons. The molecular weight excluding hydrogens is 297 g/mol. The molecule has 0 N–H and O–H groups in total. The van der Waals surface area contributed by atoms with Crippen LogP contribution in [0, 0.1) is 0 Å². The third kappa shape index (κ3) is 16.0. The van der Waals surface area contributed by atoms with E-state index >= 15 is 0 Å². The Hall–Kier alpha value is 1.52. The topological polar surface area (TPSA) is 40.1 Å². The molecule has 0 aromatic rings. The average molecular weight is 318 g/mol. The van der Waals surface area contributed by atoms with Gasteiger partial charge < -0.3 is 9.90 Å². The third-order valence-corrected chi connectivity index (χ3v) is 2.23. The first kappa shape index (κ1) is 17.9. The molecule has 0 aliphatic carbocycles. The van der Waals surface area contributed by atoms with Crippen molar-refractivity contribution in [2.24, 2.45) is 0 Å². The standard InChI is InChI=1S/C11H22O2.Cs/c1-2-3-4-5-6-7-8-9-10-11(12)13;/h2-10H2,1H3,(H,12,13);/q;+1/p-1. The number of unbranched alkanes of at least 4 members (excludes halogenated alkanes) is 7. The maximum Gasteiger partial charge on any atom is 1.00 e. The third-order valence-electron chi connectivity index (χ3n) is 2.23. The molecule has 0 spiro atoms. The minimum atomic E-state index is -0.911. The van der Waals surface area contributed by atoms with Gasteiger partial charge in [0.25, 0.3) is 0 Å². The minimum Gasteiger partial charge on any atom is -0.550 e. The summed E-state index contributed by atoms with van der Waals surface area (Å²) in [6.45, 7) is 2.21. The summed E-state index contributed by atoms with van der Waals surface area (Å²) < 4.78 is 0. The van der Waals surface area contributed by atoms with Gasteiger partial charge in [-0.1, -0.05) is 51.9 Å². The molecule has 14 heavy (non-hydrogen) atoms. The molecule has 0 aliphatic rings. The first-order valence-electron chi connectivity index (χ1n) is 5.47. The number of aliphatic carboxylic acids is 1. The number of rotatable bonds is 9. The summed E-state index contributed by atoms with van der Waals surface area (Å²) in [5.41, 5.74) is 0. The second-order valence-electron chi connectivity index (χ2n) is 3.60. The van der Waals surface area contributed by atoms with E-state index < -0.39 is 5.97 Å². The SMILES string of the molecule is CCCCCCCCCCC(=O)[O-].[Cs+]. The van der Waals surface area contributed by atoms with E-state index in [1.807, 2.05) is 0 Å². The monoisotopic (exact) mass is 318 g/mol. The van der Waals surface area contributed by atoms with Gasteiger partial charge in [-0.25, -0.2) is 0 Å². The van der Waals surface area contributed by atoms with Gasteiger partial charge in [0.05, 0.1) is 0 Å². The predicted molar refractivity (Wildman–Crippen MR) is 52.2 cm³/mol. The molecule has 0 aliphatic heterocycles. The average Bonchev–Trinajstić information content (AvgIpc) is 2.09. The van der Waals surface area contributed by atoms with Gasteiger partial charge in [0.1, 0.15) is 0 Å². The van der Waals surface area contributed by atoms with Crippen molar-refractivity contribution >= 4 is 5.97 Å². The summed E-state index contributed by atoms with van der Waals surface area (Å²) in [5.74, 6) is -0.911. The molecule has 78 valence electrons. The van der Waals surface area contributed by atoms with Crippen molar-refractivity contribution in [3.8, 4) is 0 Å². The molecule has 3 heteroatoms. The summed E-state index contributed by atoms with van der Waals surface area (Å²) in [4.78, 5) is 10.1. The van der Waals surface area contributed by atoms with Crippen molar-refractivity contribution in [3.05, 3.63) is 0 Å². The molecule has 0 unspecified atom stereocenters. The van der Waals surface area contributed by atoms with Crippen LogP contribution in [0.1, 0.15) is 64.7 Å². The zero-order valence-electron chi connectivity index (χ0n) is 9.68. The molecule has 0 saturated carbocycles. The molecule has 0 saturated heterocycles. The largest absolute Gasteiger partial charge is 1.00 e. The molecule has 0 fully saturated rings. The molecule has 0 bridgehead atoms. The molecule has 2 nitrogen and oxygen atoms in total. The van der Waals surface area contributed by atoms with Gasteiger partial charge in [-0.05, 0) is 12.8 Å². The maximum atomic E-state index is 10.1. The van der Waals surface area contributed by atoms with Crippen molar-refractivity contribution in [3.63, 3.8) is 0 Å². The summed E-state index contributed by atoms with van der Waals surface area (Å²) in [6, 6.07) is 0. The molecule has 0 heterocycles. The van der Waals surface area contributed by atoms with Gasteiger partial charge in [-0.2, -0.15) is 0 Å². The van der Waals surface area contributed by atoms with Crippen LogP contribution in [0.15, 0.2) is 0 Å². The molecule has 0 rings (SSSR count). The van der Waals surface area contributed by atoms with Crippen LogP contribution in [0.3, 0.4) is 0 Å². The number of hydrogen-bond donors (Lipinski definition) is 0. The van der Waals surface area contributed by atoms with E-state index in [1.165, 1.54) is 38.5 Å². The second-order valence-corrected chi connectivity index (χ2v) is 3.60. The van der Waals surface area contributed by atoms with Crippen LogP contribution in [0.25, 0.3) is 0 Å². The fourth-order valence-corrected chi connectivity index (χ4v) is 1.40. The van der Waals surface area contributed by atoms with Crippen molar-refractivity contribution in [2.45, 2.75) is 64.7 Å². The van der Waals surface area contributed by atoms with E-state index in [4.69, 9.17) is 0 Å². The van der Waals surface area contributed by atoms with E-state index in [0.29, 0.717) is 0 Å². The van der Waals surface area contributed by atoms with Crippen LogP contribution in [0.4, 0.5) is 0 Å². The van der Waals surface area contributed by atoms with Crippen LogP contribution in [-0.2, 0) is 4.79 Å². The van der Waals surface area contributed by atoms with Crippen LogP contribution < -0.4 is 74.0 Å². The number of carbonyl (C=O) groups excluding carboxylic acids is 1. The van der Waals surface area contributed by atoms with Gasteiger partial charge in [-0.15, -0.1) is 0 Å². The smallest absolute Gasteiger partial charge is 0.550 e. The Bertz CT molecular complexity index is 126. The summed E-state index contributed by atoms with van der Waals surface area (Å²) in [7, 11) is 0. The maximum absolute atomic E-state index is 10.1. The minimum absolute atomic E-state index is 0. The van der Waals surface area contributed by atoms with Gasteiger partial charge in [0, 0.05) is 5.97 Å². The van der Waals surface area contributed by atoms with Crippen molar-refractivity contribution in [2.75, 3.05) is 0 Å². The van der Waals surface area contributed by atoms with Crippen LogP contribution in [-0.4, -0.2) is 5.97 Å². The van der Waals surface area contributed by atoms with Crippen molar-refractivity contribution in [1.29, 1.82) is 0 Å². The summed E-state index contributed by atoms with van der Waals surface area (Å²) in [5, 5.41) is 10.1. The number of carboxylic acids is 1. The molecule has 0 aromatic heterocycles. The van der Waals surface area contributed by atoms with E-state index in [9.17, 15) is 9.90 Å². The quantitative estimate of drug-likeness (QED) is 0.526. The fraction of sp³-hybridized carbons (Fsp3) is 0.909.